The van der Waals surface area contributed by atoms with Gasteiger partial charge in [-0.3, -0.25) is 0 Å². The van der Waals surface area contributed by atoms with Gasteiger partial charge >= 0.3 is 0 Å². The Hall–Kier alpha value is -2.64. The number of nitrogens with one attached hydrogen (secondary N) is 2. The Bertz CT molecular complexity index is 499. The lowest BCUT2D eigenvalue weighted by atomic mass is 10.4. The maximum absolute atomic E-state index is 3.93. The number of H-pyrrole nitrogens is 2. The van der Waals surface area contributed by atoms with E-state index >= 15 is 0 Å². The number of nitrogens with zero attached hydrogens (tertiary/aromatic N) is 6. The van der Waals surface area contributed by atoms with Crippen molar-refractivity contribution < 1.29 is 0 Å². The minimum absolute atomic E-state index is 0.403. The molecule has 3 heterocycles. The maximum Gasteiger partial charge on any atom is 0.221 e. The van der Waals surface area contributed by atoms with Crippen molar-refractivity contribution in [3.05, 3.63) is 25.0 Å². The van der Waals surface area contributed by atoms with Crippen molar-refractivity contribution in [2.45, 2.75) is 0 Å². The van der Waals surface area contributed by atoms with Crippen LogP contribution in [0.2, 0.25) is 0 Å². The van der Waals surface area contributed by atoms with Crippen LogP contribution < -0.4 is 0 Å². The second-order valence-corrected chi connectivity index (χ2v) is 2.98. The Labute approximate surface area is 89.2 Å². The van der Waals surface area contributed by atoms with Gasteiger partial charge in [0, 0.05) is 0 Å². The first kappa shape index (κ1) is 8.65. The first-order valence-corrected chi connectivity index (χ1v) is 4.48. The van der Waals surface area contributed by atoms with Gasteiger partial charge in [-0.2, -0.15) is 0 Å². The SMILES string of the molecule is c1ncc(-c2nnc(-c3cnc[nH]3)nn2)[nH]1. The molecular formula is C8H6N8. The minimum atomic E-state index is 0.403. The number of aromatic nitrogens is 8. The molecule has 3 aromatic rings. The standard InChI is InChI=1S/C8H6N8/c1-5(11-3-9-1)7-13-15-8(16-14-7)6-2-10-4-12-6/h1-4H,(H,9,11)(H,10,12). The van der Waals surface area contributed by atoms with Crippen LogP contribution in [0.15, 0.2) is 25.0 Å². The highest BCUT2D eigenvalue weighted by Crippen LogP contribution is 2.10. The van der Waals surface area contributed by atoms with Crippen LogP contribution in [0, 0.1) is 0 Å². The normalized spacial score (nSPS) is 10.5. The minimum Gasteiger partial charge on any atom is -0.342 e. The van der Waals surface area contributed by atoms with Crippen LogP contribution >= 0.6 is 0 Å². The van der Waals surface area contributed by atoms with Crippen LogP contribution in [0.3, 0.4) is 0 Å². The maximum atomic E-state index is 3.93. The smallest absolute Gasteiger partial charge is 0.221 e. The van der Waals surface area contributed by atoms with E-state index in [0.29, 0.717) is 23.0 Å². The van der Waals surface area contributed by atoms with Crippen LogP contribution in [-0.4, -0.2) is 40.3 Å². The number of rotatable bonds is 2. The molecule has 0 radical (unpaired) electrons. The van der Waals surface area contributed by atoms with Crippen molar-refractivity contribution in [1.29, 1.82) is 0 Å². The first-order chi connectivity index (χ1) is 7.93. The lowest BCUT2D eigenvalue weighted by Crippen LogP contribution is -1.99. The molecule has 8 heteroatoms. The van der Waals surface area contributed by atoms with Gasteiger partial charge in [0.2, 0.25) is 11.6 Å². The fourth-order valence-electron chi connectivity index (χ4n) is 1.20. The topological polar surface area (TPSA) is 109 Å². The van der Waals surface area contributed by atoms with Gasteiger partial charge in [-0.1, -0.05) is 0 Å². The molecule has 0 fully saturated rings. The van der Waals surface area contributed by atoms with Crippen molar-refractivity contribution >= 4 is 0 Å². The third-order valence-corrected chi connectivity index (χ3v) is 1.96. The van der Waals surface area contributed by atoms with Crippen molar-refractivity contribution in [2.75, 3.05) is 0 Å². The summed E-state index contributed by atoms with van der Waals surface area (Å²) >= 11 is 0. The first-order valence-electron chi connectivity index (χ1n) is 4.48. The molecule has 0 aliphatic rings. The van der Waals surface area contributed by atoms with E-state index in [2.05, 4.69) is 40.3 Å². The fraction of sp³-hybridized carbons (Fsp3) is 0. The van der Waals surface area contributed by atoms with E-state index in [9.17, 15) is 0 Å². The summed E-state index contributed by atoms with van der Waals surface area (Å²) in [7, 11) is 0. The third kappa shape index (κ3) is 1.41. The van der Waals surface area contributed by atoms with Gasteiger partial charge in [-0.15, -0.1) is 20.4 Å². The van der Waals surface area contributed by atoms with Gasteiger partial charge in [-0.05, 0) is 0 Å². The predicted molar refractivity (Wildman–Crippen MR) is 52.8 cm³/mol. The summed E-state index contributed by atoms with van der Waals surface area (Å²) in [5.74, 6) is 0.807. The molecule has 78 valence electrons. The summed E-state index contributed by atoms with van der Waals surface area (Å²) in [4.78, 5) is 13.5. The zero-order chi connectivity index (χ0) is 10.8. The average molecular weight is 214 g/mol. The van der Waals surface area contributed by atoms with Crippen LogP contribution in [0.5, 0.6) is 0 Å². The van der Waals surface area contributed by atoms with E-state index in [1.165, 1.54) is 0 Å². The molecular weight excluding hydrogens is 208 g/mol. The Morgan fingerprint density at radius 1 is 0.688 bits per heavy atom. The Morgan fingerprint density at radius 2 is 1.12 bits per heavy atom. The van der Waals surface area contributed by atoms with E-state index in [0.717, 1.165) is 0 Å². The fourth-order valence-corrected chi connectivity index (χ4v) is 1.20. The Kier molecular flexibility index (Phi) is 1.89. The van der Waals surface area contributed by atoms with E-state index < -0.39 is 0 Å². The molecule has 8 nitrogen and oxygen atoms in total. The molecule has 0 aliphatic carbocycles. The number of imidazole rings is 2. The summed E-state index contributed by atoms with van der Waals surface area (Å²) in [6.07, 6.45) is 6.30. The van der Waals surface area contributed by atoms with Gasteiger partial charge in [0.15, 0.2) is 0 Å². The summed E-state index contributed by atoms with van der Waals surface area (Å²) < 4.78 is 0. The molecule has 0 atom stereocenters. The molecule has 3 rings (SSSR count). The molecule has 16 heavy (non-hydrogen) atoms. The third-order valence-electron chi connectivity index (χ3n) is 1.96. The van der Waals surface area contributed by atoms with E-state index in [-0.39, 0.29) is 0 Å². The Morgan fingerprint density at radius 3 is 1.44 bits per heavy atom. The highest BCUT2D eigenvalue weighted by atomic mass is 15.3. The molecule has 0 saturated carbocycles. The lowest BCUT2D eigenvalue weighted by Gasteiger charge is -1.95. The molecule has 0 amide bonds. The van der Waals surface area contributed by atoms with Crippen molar-refractivity contribution in [3.63, 3.8) is 0 Å². The summed E-state index contributed by atoms with van der Waals surface area (Å²) in [5, 5.41) is 15.7. The molecule has 0 unspecified atom stereocenters. The van der Waals surface area contributed by atoms with Gasteiger partial charge in [-0.25, -0.2) is 9.97 Å². The van der Waals surface area contributed by atoms with Crippen LogP contribution in [0.1, 0.15) is 0 Å². The number of aromatic amines is 2. The zero-order valence-corrected chi connectivity index (χ0v) is 7.99. The molecule has 0 aromatic carbocycles. The van der Waals surface area contributed by atoms with Crippen LogP contribution in [0.4, 0.5) is 0 Å². The Balaban J connectivity index is 1.97. The summed E-state index contributed by atoms with van der Waals surface area (Å²) in [6.45, 7) is 0. The van der Waals surface area contributed by atoms with Gasteiger partial charge < -0.3 is 9.97 Å². The number of hydrogen-bond acceptors (Lipinski definition) is 6. The quantitative estimate of drug-likeness (QED) is 0.623. The highest BCUT2D eigenvalue weighted by molar-refractivity contribution is 5.48. The zero-order valence-electron chi connectivity index (χ0n) is 7.99. The molecule has 0 saturated heterocycles. The summed E-state index contributed by atoms with van der Waals surface area (Å²) in [5.41, 5.74) is 1.35. The van der Waals surface area contributed by atoms with Gasteiger partial charge in [0.1, 0.15) is 11.4 Å². The summed E-state index contributed by atoms with van der Waals surface area (Å²) in [6, 6.07) is 0. The van der Waals surface area contributed by atoms with E-state index in [1.807, 2.05) is 0 Å². The highest BCUT2D eigenvalue weighted by Gasteiger charge is 2.07. The van der Waals surface area contributed by atoms with Crippen molar-refractivity contribution in [3.8, 4) is 23.0 Å². The van der Waals surface area contributed by atoms with Gasteiger partial charge in [0.05, 0.1) is 25.0 Å². The van der Waals surface area contributed by atoms with Crippen LogP contribution in [0.25, 0.3) is 23.0 Å². The molecule has 3 aromatic heterocycles. The van der Waals surface area contributed by atoms with Gasteiger partial charge in [0.25, 0.3) is 0 Å². The number of hydrogen-bond donors (Lipinski definition) is 2. The lowest BCUT2D eigenvalue weighted by molar-refractivity contribution is 0.868. The van der Waals surface area contributed by atoms with E-state index in [4.69, 9.17) is 0 Å². The monoisotopic (exact) mass is 214 g/mol. The van der Waals surface area contributed by atoms with Crippen molar-refractivity contribution in [1.82, 2.24) is 40.3 Å². The molecule has 2 N–H and O–H groups in total. The van der Waals surface area contributed by atoms with E-state index in [1.54, 1.807) is 25.0 Å². The second-order valence-electron chi connectivity index (χ2n) is 2.98. The van der Waals surface area contributed by atoms with Crippen molar-refractivity contribution in [2.24, 2.45) is 0 Å². The molecule has 0 aliphatic heterocycles. The molecule has 0 bridgehead atoms. The predicted octanol–water partition coefficient (Wildman–Crippen LogP) is 0.0468. The average Bonchev–Trinajstić information content (AvgIpc) is 3.03. The molecule has 0 spiro atoms. The van der Waals surface area contributed by atoms with Crippen LogP contribution in [-0.2, 0) is 0 Å². The largest absolute Gasteiger partial charge is 0.342 e. The second kappa shape index (κ2) is 3.50.